The molecule has 12 heteroatoms. The van der Waals surface area contributed by atoms with Gasteiger partial charge in [-0.05, 0) is 54.6 Å². The van der Waals surface area contributed by atoms with Crippen molar-refractivity contribution in [2.75, 3.05) is 5.32 Å². The first-order valence-corrected chi connectivity index (χ1v) is 12.1. The Morgan fingerprint density at radius 2 is 1.59 bits per heavy atom. The molecule has 1 aliphatic rings. The van der Waals surface area contributed by atoms with Crippen LogP contribution < -0.4 is 15.4 Å². The highest BCUT2D eigenvalue weighted by Gasteiger charge is 2.37. The minimum Gasteiger partial charge on any atom is -0.309 e. The van der Waals surface area contributed by atoms with E-state index in [1.807, 2.05) is 24.3 Å². The van der Waals surface area contributed by atoms with Crippen molar-refractivity contribution in [3.63, 3.8) is 0 Å². The maximum atomic E-state index is 13.0. The average Bonchev–Trinajstić information content (AvgIpc) is 2.76. The van der Waals surface area contributed by atoms with Crippen LogP contribution in [0.15, 0.2) is 46.9 Å². The van der Waals surface area contributed by atoms with E-state index in [4.69, 9.17) is 0 Å². The summed E-state index contributed by atoms with van der Waals surface area (Å²) < 4.78 is 81.6. The van der Waals surface area contributed by atoms with Crippen LogP contribution in [-0.2, 0) is 18.9 Å². The van der Waals surface area contributed by atoms with Gasteiger partial charge in [0.25, 0.3) is 0 Å². The molecule has 186 valence electrons. The number of hydrogen-bond acceptors (Lipinski definition) is 3. The monoisotopic (exact) mass is 569 g/mol. The lowest BCUT2D eigenvalue weighted by Crippen LogP contribution is -2.42. The van der Waals surface area contributed by atoms with Crippen molar-refractivity contribution in [2.24, 2.45) is 0 Å². The van der Waals surface area contributed by atoms with Crippen LogP contribution in [0.25, 0.3) is 0 Å². The van der Waals surface area contributed by atoms with Crippen LogP contribution in [0.5, 0.6) is 0 Å². The van der Waals surface area contributed by atoms with Crippen LogP contribution in [0.3, 0.4) is 0 Å². The summed E-state index contributed by atoms with van der Waals surface area (Å²) in [4.78, 5) is 12.3. The van der Waals surface area contributed by atoms with Gasteiger partial charge < -0.3 is 10.6 Å². The average molecular weight is 570 g/mol. The molecule has 2 aromatic carbocycles. The lowest BCUT2D eigenvalue weighted by molar-refractivity contribution is -0.143. The van der Waals surface area contributed by atoms with E-state index in [1.165, 1.54) is 0 Å². The Hall–Kier alpha value is -1.92. The fourth-order valence-electron chi connectivity index (χ4n) is 3.67. The number of urea groups is 1. The molecule has 2 aromatic rings. The molecule has 2 amide bonds. The van der Waals surface area contributed by atoms with E-state index in [9.17, 15) is 31.1 Å². The molecule has 0 bridgehead atoms. The number of nitrogens with one attached hydrogen (secondary N) is 3. The van der Waals surface area contributed by atoms with Crippen LogP contribution in [-0.4, -0.2) is 17.3 Å². The highest BCUT2D eigenvalue weighted by Crippen LogP contribution is 2.37. The van der Waals surface area contributed by atoms with Crippen molar-refractivity contribution in [1.29, 1.82) is 0 Å². The summed E-state index contributed by atoms with van der Waals surface area (Å²) >= 11 is 4.61. The van der Waals surface area contributed by atoms with Gasteiger partial charge in [-0.15, -0.1) is 0 Å². The number of benzene rings is 2. The summed E-state index contributed by atoms with van der Waals surface area (Å²) in [5, 5.41) is 5.56. The van der Waals surface area contributed by atoms with E-state index >= 15 is 0 Å². The van der Waals surface area contributed by atoms with Crippen LogP contribution in [0.1, 0.15) is 42.4 Å². The van der Waals surface area contributed by atoms with Gasteiger partial charge in [0.1, 0.15) is 0 Å². The van der Waals surface area contributed by atoms with Gasteiger partial charge in [0.15, 0.2) is 0 Å². The third-order valence-electron chi connectivity index (χ3n) is 5.36. The maximum absolute atomic E-state index is 13.0. The van der Waals surface area contributed by atoms with E-state index in [0.29, 0.717) is 18.7 Å². The Kier molecular flexibility index (Phi) is 8.80. The zero-order valence-electron chi connectivity index (χ0n) is 17.7. The predicted molar refractivity (Wildman–Crippen MR) is 123 cm³/mol. The minimum absolute atomic E-state index is 0.00534. The molecule has 3 rings (SSSR count). The minimum atomic E-state index is -4.99. The number of carbonyl (C=O) groups is 1. The molecule has 0 spiro atoms. The third-order valence-corrected chi connectivity index (χ3v) is 7.31. The van der Waals surface area contributed by atoms with Crippen LogP contribution in [0.4, 0.5) is 36.8 Å². The molecule has 0 saturated heterocycles. The highest BCUT2D eigenvalue weighted by molar-refractivity contribution is 9.10. The van der Waals surface area contributed by atoms with Gasteiger partial charge in [0, 0.05) is 28.0 Å². The molecule has 0 aromatic heterocycles. The van der Waals surface area contributed by atoms with Gasteiger partial charge in [-0.1, -0.05) is 47.0 Å². The van der Waals surface area contributed by atoms with Gasteiger partial charge in [0.2, 0.25) is 0 Å². The molecule has 2 atom stereocenters. The molecular weight excluding hydrogens is 548 g/mol. The standard InChI is InChI=1S/C22H22BrF6N3OS/c23-17-6-2-1-5-13(17)12-30-18-7-3-4-8-19(18)34-32-20(33)31-16-10-14(21(24,25)26)9-15(11-16)22(27,28)29/h1-2,5-6,9-11,18-19,30H,3-4,7-8,12H2,(H2,31,32,33)/t18-,19-/m1/s1. The van der Waals surface area contributed by atoms with Crippen molar-refractivity contribution in [2.45, 2.75) is 55.9 Å². The van der Waals surface area contributed by atoms with E-state index in [1.54, 1.807) is 0 Å². The van der Waals surface area contributed by atoms with E-state index in [-0.39, 0.29) is 17.4 Å². The second-order valence-corrected chi connectivity index (χ2v) is 9.77. The molecule has 1 aliphatic carbocycles. The molecule has 0 radical (unpaired) electrons. The number of rotatable bonds is 6. The lowest BCUT2D eigenvalue weighted by atomic mass is 9.94. The normalized spacial score (nSPS) is 19.0. The molecule has 1 fully saturated rings. The molecule has 3 N–H and O–H groups in total. The molecule has 0 heterocycles. The van der Waals surface area contributed by atoms with Crippen LogP contribution in [0.2, 0.25) is 0 Å². The predicted octanol–water partition coefficient (Wildman–Crippen LogP) is 7.36. The number of halogens is 7. The number of hydrogen-bond donors (Lipinski definition) is 3. The number of carbonyl (C=O) groups excluding carboxylic acids is 1. The highest BCUT2D eigenvalue weighted by atomic mass is 79.9. The first-order valence-electron chi connectivity index (χ1n) is 10.4. The molecule has 34 heavy (non-hydrogen) atoms. The maximum Gasteiger partial charge on any atom is 0.416 e. The molecule has 1 saturated carbocycles. The topological polar surface area (TPSA) is 53.2 Å². The third kappa shape index (κ3) is 7.54. The largest absolute Gasteiger partial charge is 0.416 e. The van der Waals surface area contributed by atoms with Crippen molar-refractivity contribution in [1.82, 2.24) is 10.0 Å². The summed E-state index contributed by atoms with van der Waals surface area (Å²) in [6.07, 6.45) is -6.32. The first-order chi connectivity index (χ1) is 15.9. The Balaban J connectivity index is 1.61. The summed E-state index contributed by atoms with van der Waals surface area (Å²) in [6, 6.07) is 7.91. The van der Waals surface area contributed by atoms with E-state index < -0.39 is 35.2 Å². The Labute approximate surface area is 205 Å². The Morgan fingerprint density at radius 1 is 0.971 bits per heavy atom. The van der Waals surface area contributed by atoms with Gasteiger partial charge in [-0.3, -0.25) is 4.72 Å². The number of anilines is 1. The first kappa shape index (κ1) is 26.7. The van der Waals surface area contributed by atoms with E-state index in [2.05, 4.69) is 31.3 Å². The zero-order valence-corrected chi connectivity index (χ0v) is 20.1. The summed E-state index contributed by atoms with van der Waals surface area (Å²) in [5.74, 6) is 0. The zero-order chi connectivity index (χ0) is 24.9. The van der Waals surface area contributed by atoms with E-state index in [0.717, 1.165) is 47.7 Å². The number of alkyl halides is 6. The van der Waals surface area contributed by atoms with Crippen molar-refractivity contribution >= 4 is 39.6 Å². The summed E-state index contributed by atoms with van der Waals surface area (Å²) in [6.45, 7) is 0.611. The van der Waals surface area contributed by atoms with Crippen molar-refractivity contribution in [3.8, 4) is 0 Å². The molecular formula is C22H22BrF6N3OS. The Bertz CT molecular complexity index is 969. The molecule has 0 aliphatic heterocycles. The smallest absolute Gasteiger partial charge is 0.309 e. The molecule has 0 unspecified atom stereocenters. The second-order valence-electron chi connectivity index (χ2n) is 7.87. The van der Waals surface area contributed by atoms with Crippen LogP contribution >= 0.6 is 27.9 Å². The lowest BCUT2D eigenvalue weighted by Gasteiger charge is -2.31. The fraction of sp³-hybridized carbons (Fsp3) is 0.409. The van der Waals surface area contributed by atoms with Crippen molar-refractivity contribution < 1.29 is 31.1 Å². The van der Waals surface area contributed by atoms with Gasteiger partial charge >= 0.3 is 18.4 Å². The second kappa shape index (κ2) is 11.2. The van der Waals surface area contributed by atoms with Crippen LogP contribution in [0, 0.1) is 0 Å². The van der Waals surface area contributed by atoms with Gasteiger partial charge in [-0.25, -0.2) is 4.79 Å². The van der Waals surface area contributed by atoms with Gasteiger partial charge in [0.05, 0.1) is 11.1 Å². The number of amides is 2. The Morgan fingerprint density at radius 3 is 2.21 bits per heavy atom. The fourth-order valence-corrected chi connectivity index (χ4v) is 5.08. The summed E-state index contributed by atoms with van der Waals surface area (Å²) in [7, 11) is 0. The quantitative estimate of drug-likeness (QED) is 0.251. The van der Waals surface area contributed by atoms with Gasteiger partial charge in [-0.2, -0.15) is 26.3 Å². The SMILES string of the molecule is O=C(NS[C@@H]1CCCC[C@H]1NCc1ccccc1Br)Nc1cc(C(F)(F)F)cc(C(F)(F)F)c1. The molecule has 4 nitrogen and oxygen atoms in total. The van der Waals surface area contributed by atoms with Crippen molar-refractivity contribution in [3.05, 3.63) is 63.6 Å². The summed E-state index contributed by atoms with van der Waals surface area (Å²) in [5.41, 5.74) is -2.50.